The summed E-state index contributed by atoms with van der Waals surface area (Å²) in [7, 11) is -0.921. The quantitative estimate of drug-likeness (QED) is 0.504. The van der Waals surface area contributed by atoms with E-state index in [-0.39, 0.29) is 32.7 Å². The topological polar surface area (TPSA) is 0 Å². The molecule has 0 radical (unpaired) electrons. The van der Waals surface area contributed by atoms with Gasteiger partial charge in [0.1, 0.15) is 0 Å². The van der Waals surface area contributed by atoms with E-state index in [0.29, 0.717) is 0 Å². The predicted octanol–water partition coefficient (Wildman–Crippen LogP) is 2.87. The van der Waals surface area contributed by atoms with Crippen molar-refractivity contribution in [2.45, 2.75) is 38.9 Å². The molecule has 0 heterocycles. The maximum Gasteiger partial charge on any atom is 3.00 e. The van der Waals surface area contributed by atoms with Gasteiger partial charge < -0.3 is 6.55 Å². The third kappa shape index (κ3) is 4.69. The molecule has 50 valence electrons. The molecular formula is C7H17SiY+2. The van der Waals surface area contributed by atoms with Crippen molar-refractivity contribution in [1.29, 1.82) is 0 Å². The summed E-state index contributed by atoms with van der Waals surface area (Å²) in [5.41, 5.74) is 0. The van der Waals surface area contributed by atoms with Gasteiger partial charge in [-0.3, -0.25) is 0 Å². The Morgan fingerprint density at radius 3 is 1.22 bits per heavy atom. The van der Waals surface area contributed by atoms with Crippen molar-refractivity contribution >= 4 is 8.07 Å². The van der Waals surface area contributed by atoms with Crippen LogP contribution in [0.15, 0.2) is 0 Å². The Bertz CT molecular complexity index is 51.7. The largest absolute Gasteiger partial charge is 3.00 e. The second-order valence-corrected chi connectivity index (χ2v) is 7.68. The van der Waals surface area contributed by atoms with E-state index in [4.69, 9.17) is 0 Å². The van der Waals surface area contributed by atoms with E-state index in [9.17, 15) is 0 Å². The Morgan fingerprint density at radius 2 is 1.22 bits per heavy atom. The minimum Gasteiger partial charge on any atom is -0.342 e. The second-order valence-electron chi connectivity index (χ2n) is 2.56. The van der Waals surface area contributed by atoms with Gasteiger partial charge in [0, 0.05) is 0 Å². The van der Waals surface area contributed by atoms with Crippen molar-refractivity contribution in [3.63, 3.8) is 0 Å². The molecule has 0 aromatic rings. The van der Waals surface area contributed by atoms with Crippen LogP contribution in [-0.2, 0) is 32.7 Å². The molecule has 0 aliphatic heterocycles. The van der Waals surface area contributed by atoms with E-state index < -0.39 is 8.07 Å². The Hall–Kier alpha value is 1.32. The first-order valence-electron chi connectivity index (χ1n) is 3.54. The smallest absolute Gasteiger partial charge is 0.342 e. The van der Waals surface area contributed by atoms with E-state index in [2.05, 4.69) is 27.3 Å². The summed E-state index contributed by atoms with van der Waals surface area (Å²) in [5.74, 6) is 0. The van der Waals surface area contributed by atoms with Crippen LogP contribution in [-0.4, -0.2) is 8.07 Å². The molecule has 0 aliphatic carbocycles. The molecule has 2 heteroatoms. The van der Waals surface area contributed by atoms with Crippen LogP contribution in [0.25, 0.3) is 0 Å². The monoisotopic (exact) mass is 218 g/mol. The Kier molecular flexibility index (Phi) is 8.72. The van der Waals surface area contributed by atoms with Gasteiger partial charge >= 0.3 is 32.7 Å². The summed E-state index contributed by atoms with van der Waals surface area (Å²) in [4.78, 5) is 0. The Balaban J connectivity index is 0. The summed E-state index contributed by atoms with van der Waals surface area (Å²) in [6.45, 7) is 11.1. The van der Waals surface area contributed by atoms with Crippen molar-refractivity contribution in [1.82, 2.24) is 0 Å². The van der Waals surface area contributed by atoms with Crippen LogP contribution in [0.1, 0.15) is 20.8 Å². The minimum atomic E-state index is -0.921. The van der Waals surface area contributed by atoms with Crippen LogP contribution >= 0.6 is 0 Å². The molecule has 0 spiro atoms. The Labute approximate surface area is 85.7 Å². The maximum atomic E-state index is 4.26. The van der Waals surface area contributed by atoms with Crippen molar-refractivity contribution in [3.05, 3.63) is 6.55 Å². The predicted molar refractivity (Wildman–Crippen MR) is 42.6 cm³/mol. The van der Waals surface area contributed by atoms with Crippen LogP contribution in [0, 0.1) is 6.55 Å². The van der Waals surface area contributed by atoms with E-state index in [1.165, 1.54) is 18.1 Å². The number of rotatable bonds is 3. The fourth-order valence-electron chi connectivity index (χ4n) is 0.750. The molecule has 0 rings (SSSR count). The van der Waals surface area contributed by atoms with Gasteiger partial charge in [-0.15, -0.1) is 0 Å². The van der Waals surface area contributed by atoms with Crippen molar-refractivity contribution in [3.8, 4) is 0 Å². The van der Waals surface area contributed by atoms with E-state index >= 15 is 0 Å². The minimum absolute atomic E-state index is 0. The summed E-state index contributed by atoms with van der Waals surface area (Å²) in [6.07, 6.45) is 0. The van der Waals surface area contributed by atoms with E-state index in [1.807, 2.05) is 0 Å². The van der Waals surface area contributed by atoms with Gasteiger partial charge in [-0.05, 0) is 0 Å². The summed E-state index contributed by atoms with van der Waals surface area (Å²) >= 11 is 0. The van der Waals surface area contributed by atoms with Gasteiger partial charge in [-0.25, -0.2) is 0 Å². The van der Waals surface area contributed by atoms with Crippen molar-refractivity contribution in [2.75, 3.05) is 0 Å². The first-order valence-corrected chi connectivity index (χ1v) is 6.36. The number of hydrogen-bond acceptors (Lipinski definition) is 0. The molecule has 0 aliphatic rings. The normalized spacial score (nSPS) is 10.7. The molecule has 0 aromatic carbocycles. The second kappa shape index (κ2) is 6.06. The van der Waals surface area contributed by atoms with Gasteiger partial charge in [0.05, 0.1) is 0 Å². The van der Waals surface area contributed by atoms with Crippen LogP contribution in [0.3, 0.4) is 0 Å². The van der Waals surface area contributed by atoms with Crippen molar-refractivity contribution < 1.29 is 32.7 Å². The molecule has 0 N–H and O–H groups in total. The van der Waals surface area contributed by atoms with Gasteiger partial charge in [0.15, 0.2) is 0 Å². The molecular weight excluding hydrogens is 201 g/mol. The zero-order chi connectivity index (χ0) is 6.62. The molecule has 0 saturated carbocycles. The molecule has 0 fully saturated rings. The average molecular weight is 218 g/mol. The number of hydrogen-bond donors (Lipinski definition) is 0. The SMILES string of the molecule is [CH2-][Si](CC)(CC)CC.[Y+3]. The molecule has 0 nitrogen and oxygen atoms in total. The van der Waals surface area contributed by atoms with Gasteiger partial charge in [0.2, 0.25) is 0 Å². The average Bonchev–Trinajstić information content (AvgIpc) is 1.87. The Morgan fingerprint density at radius 1 is 1.00 bits per heavy atom. The van der Waals surface area contributed by atoms with Crippen LogP contribution in [0.4, 0.5) is 0 Å². The zero-order valence-corrected chi connectivity index (χ0v) is 10.7. The van der Waals surface area contributed by atoms with Gasteiger partial charge in [0.25, 0.3) is 0 Å². The fraction of sp³-hybridized carbons (Fsp3) is 0.857. The standard InChI is InChI=1S/C7H17Si.Y/c1-5-8(4,6-2)7-3;/h4-7H2,1-3H3;/q-1;+3. The molecule has 0 unspecified atom stereocenters. The molecule has 0 aromatic heterocycles. The first-order chi connectivity index (χ1) is 3.68. The molecule has 0 amide bonds. The molecule has 0 bridgehead atoms. The maximum absolute atomic E-state index is 4.26. The van der Waals surface area contributed by atoms with Gasteiger partial charge in [-0.2, -0.15) is 0 Å². The summed E-state index contributed by atoms with van der Waals surface area (Å²) < 4.78 is 0. The van der Waals surface area contributed by atoms with Crippen molar-refractivity contribution in [2.24, 2.45) is 0 Å². The molecule has 9 heavy (non-hydrogen) atoms. The van der Waals surface area contributed by atoms with Crippen LogP contribution in [0.5, 0.6) is 0 Å². The summed E-state index contributed by atoms with van der Waals surface area (Å²) in [6, 6.07) is 4.04. The van der Waals surface area contributed by atoms with Gasteiger partial charge in [-0.1, -0.05) is 47.0 Å². The van der Waals surface area contributed by atoms with E-state index in [1.54, 1.807) is 0 Å². The molecule has 0 atom stereocenters. The van der Waals surface area contributed by atoms with Crippen LogP contribution < -0.4 is 0 Å². The van der Waals surface area contributed by atoms with Crippen LogP contribution in [0.2, 0.25) is 18.1 Å². The van der Waals surface area contributed by atoms with E-state index in [0.717, 1.165) is 0 Å². The first kappa shape index (κ1) is 13.0. The third-order valence-electron chi connectivity index (χ3n) is 2.25. The third-order valence-corrected chi connectivity index (χ3v) is 6.75. The summed E-state index contributed by atoms with van der Waals surface area (Å²) in [5, 5.41) is 0. The molecule has 0 saturated heterocycles. The zero-order valence-electron chi connectivity index (χ0n) is 6.91. The fourth-order valence-corrected chi connectivity index (χ4v) is 2.25.